The summed E-state index contributed by atoms with van der Waals surface area (Å²) in [5.41, 5.74) is 0. The standard InChI is InChI=1S/C13H22N2O3S/c16-12(17)8-11-9-19-7-6-15(11)13(18)14-5-4-10-2-1-3-10/h10-11H,1-9H2,(H,14,18)(H,16,17). The summed E-state index contributed by atoms with van der Waals surface area (Å²) in [6.45, 7) is 1.37. The van der Waals surface area contributed by atoms with E-state index in [0.717, 1.165) is 23.8 Å². The van der Waals surface area contributed by atoms with Crippen molar-refractivity contribution in [2.75, 3.05) is 24.6 Å². The Kier molecular flexibility index (Phi) is 5.36. The molecule has 0 aromatic heterocycles. The van der Waals surface area contributed by atoms with Crippen LogP contribution in [0.25, 0.3) is 0 Å². The Balaban J connectivity index is 1.75. The van der Waals surface area contributed by atoms with Gasteiger partial charge in [0, 0.05) is 24.6 Å². The number of aliphatic carboxylic acids is 1. The Bertz CT molecular complexity index is 334. The Hall–Kier alpha value is -0.910. The van der Waals surface area contributed by atoms with Gasteiger partial charge >= 0.3 is 12.0 Å². The number of thioether (sulfide) groups is 1. The maximum atomic E-state index is 12.1. The van der Waals surface area contributed by atoms with Crippen LogP contribution in [0.2, 0.25) is 0 Å². The normalized spacial score (nSPS) is 23.8. The lowest BCUT2D eigenvalue weighted by Gasteiger charge is -2.35. The van der Waals surface area contributed by atoms with Crippen molar-refractivity contribution in [1.82, 2.24) is 10.2 Å². The van der Waals surface area contributed by atoms with Gasteiger partial charge in [0.25, 0.3) is 0 Å². The molecule has 1 saturated heterocycles. The fourth-order valence-corrected chi connectivity index (χ4v) is 3.62. The zero-order chi connectivity index (χ0) is 13.7. The van der Waals surface area contributed by atoms with Gasteiger partial charge in [-0.05, 0) is 12.3 Å². The molecule has 1 heterocycles. The summed E-state index contributed by atoms with van der Waals surface area (Å²) in [6, 6.07) is -0.258. The van der Waals surface area contributed by atoms with Gasteiger partial charge in [-0.25, -0.2) is 4.79 Å². The number of hydrogen-bond donors (Lipinski definition) is 2. The van der Waals surface area contributed by atoms with Crippen LogP contribution in [0.4, 0.5) is 4.79 Å². The van der Waals surface area contributed by atoms with Crippen LogP contribution in [-0.4, -0.2) is 52.6 Å². The molecule has 19 heavy (non-hydrogen) atoms. The van der Waals surface area contributed by atoms with Gasteiger partial charge in [-0.1, -0.05) is 19.3 Å². The summed E-state index contributed by atoms with van der Waals surface area (Å²) < 4.78 is 0. The van der Waals surface area contributed by atoms with Crippen molar-refractivity contribution in [2.45, 2.75) is 38.1 Å². The predicted molar refractivity (Wildman–Crippen MR) is 75.4 cm³/mol. The lowest BCUT2D eigenvalue weighted by molar-refractivity contribution is -0.137. The Morgan fingerprint density at radius 3 is 2.79 bits per heavy atom. The third kappa shape index (κ3) is 4.30. The molecule has 0 aromatic rings. The molecule has 5 nitrogen and oxygen atoms in total. The minimum atomic E-state index is -0.834. The van der Waals surface area contributed by atoms with Crippen LogP contribution >= 0.6 is 11.8 Å². The van der Waals surface area contributed by atoms with Crippen LogP contribution in [0.3, 0.4) is 0 Å². The van der Waals surface area contributed by atoms with Crippen molar-refractivity contribution in [3.05, 3.63) is 0 Å². The van der Waals surface area contributed by atoms with Crippen molar-refractivity contribution in [3.8, 4) is 0 Å². The first-order chi connectivity index (χ1) is 9.16. The molecule has 1 atom stereocenters. The molecule has 2 rings (SSSR count). The van der Waals surface area contributed by atoms with E-state index in [-0.39, 0.29) is 18.5 Å². The molecule has 0 radical (unpaired) electrons. The minimum Gasteiger partial charge on any atom is -0.481 e. The van der Waals surface area contributed by atoms with E-state index in [1.165, 1.54) is 19.3 Å². The van der Waals surface area contributed by atoms with E-state index < -0.39 is 5.97 Å². The van der Waals surface area contributed by atoms with Crippen LogP contribution in [0.1, 0.15) is 32.1 Å². The van der Waals surface area contributed by atoms with E-state index in [0.29, 0.717) is 13.1 Å². The smallest absolute Gasteiger partial charge is 0.317 e. The highest BCUT2D eigenvalue weighted by Gasteiger charge is 2.28. The van der Waals surface area contributed by atoms with E-state index in [9.17, 15) is 9.59 Å². The topological polar surface area (TPSA) is 69.6 Å². The third-order valence-electron chi connectivity index (χ3n) is 3.95. The van der Waals surface area contributed by atoms with Gasteiger partial charge in [0.1, 0.15) is 0 Å². The van der Waals surface area contributed by atoms with Crippen LogP contribution in [-0.2, 0) is 4.79 Å². The van der Waals surface area contributed by atoms with Crippen LogP contribution < -0.4 is 5.32 Å². The summed E-state index contributed by atoms with van der Waals surface area (Å²) in [7, 11) is 0. The second-order valence-electron chi connectivity index (χ2n) is 5.34. The fraction of sp³-hybridized carbons (Fsp3) is 0.846. The van der Waals surface area contributed by atoms with Crippen molar-refractivity contribution in [2.24, 2.45) is 5.92 Å². The molecule has 6 heteroatoms. The van der Waals surface area contributed by atoms with E-state index in [4.69, 9.17) is 5.11 Å². The Labute approximate surface area is 118 Å². The molecular formula is C13H22N2O3S. The predicted octanol–water partition coefficient (Wildman–Crippen LogP) is 1.78. The Morgan fingerprint density at radius 1 is 1.37 bits per heavy atom. The van der Waals surface area contributed by atoms with Crippen molar-refractivity contribution in [1.29, 1.82) is 0 Å². The monoisotopic (exact) mass is 286 g/mol. The van der Waals surface area contributed by atoms with Gasteiger partial charge < -0.3 is 15.3 Å². The molecule has 1 unspecified atom stereocenters. The molecule has 0 spiro atoms. The Morgan fingerprint density at radius 2 is 2.16 bits per heavy atom. The van der Waals surface area contributed by atoms with Crippen LogP contribution in [0.5, 0.6) is 0 Å². The molecule has 2 aliphatic rings. The maximum absolute atomic E-state index is 12.1. The molecule has 0 bridgehead atoms. The second kappa shape index (κ2) is 7.03. The van der Waals surface area contributed by atoms with E-state index >= 15 is 0 Å². The minimum absolute atomic E-state index is 0.0447. The SMILES string of the molecule is O=C(O)CC1CSCCN1C(=O)NCCC1CCC1. The highest BCUT2D eigenvalue weighted by molar-refractivity contribution is 7.99. The van der Waals surface area contributed by atoms with E-state index in [1.54, 1.807) is 16.7 Å². The number of carbonyl (C=O) groups is 2. The average molecular weight is 286 g/mol. The molecule has 0 aromatic carbocycles. The molecule has 2 amide bonds. The molecule has 108 valence electrons. The molecule has 2 fully saturated rings. The number of nitrogens with zero attached hydrogens (tertiary/aromatic N) is 1. The van der Waals surface area contributed by atoms with Crippen molar-refractivity contribution in [3.63, 3.8) is 0 Å². The first-order valence-electron chi connectivity index (χ1n) is 7.01. The second-order valence-corrected chi connectivity index (χ2v) is 6.49. The zero-order valence-corrected chi connectivity index (χ0v) is 12.0. The molecule has 2 N–H and O–H groups in total. The maximum Gasteiger partial charge on any atom is 0.317 e. The first-order valence-corrected chi connectivity index (χ1v) is 8.16. The lowest BCUT2D eigenvalue weighted by Crippen LogP contribution is -2.51. The number of carboxylic acid groups (broad SMARTS) is 1. The van der Waals surface area contributed by atoms with Gasteiger partial charge in [0.2, 0.25) is 0 Å². The summed E-state index contributed by atoms with van der Waals surface area (Å²) in [4.78, 5) is 24.6. The van der Waals surface area contributed by atoms with E-state index in [2.05, 4.69) is 5.32 Å². The number of rotatable bonds is 5. The van der Waals surface area contributed by atoms with Crippen LogP contribution in [0.15, 0.2) is 0 Å². The summed E-state index contributed by atoms with van der Waals surface area (Å²) in [5, 5.41) is 11.8. The number of amides is 2. The molecule has 1 aliphatic carbocycles. The highest BCUT2D eigenvalue weighted by Crippen LogP contribution is 2.28. The number of nitrogens with one attached hydrogen (secondary N) is 1. The van der Waals surface area contributed by atoms with E-state index in [1.807, 2.05) is 0 Å². The number of hydrogen-bond acceptors (Lipinski definition) is 3. The number of carbonyl (C=O) groups excluding carboxylic acids is 1. The van der Waals surface area contributed by atoms with Gasteiger partial charge in [0.05, 0.1) is 12.5 Å². The largest absolute Gasteiger partial charge is 0.481 e. The lowest BCUT2D eigenvalue weighted by atomic mass is 9.83. The van der Waals surface area contributed by atoms with Gasteiger partial charge in [-0.2, -0.15) is 11.8 Å². The summed E-state index contributed by atoms with van der Waals surface area (Å²) >= 11 is 1.72. The zero-order valence-electron chi connectivity index (χ0n) is 11.1. The highest BCUT2D eigenvalue weighted by atomic mass is 32.2. The average Bonchev–Trinajstić information content (AvgIpc) is 2.32. The van der Waals surface area contributed by atoms with Crippen molar-refractivity contribution >= 4 is 23.8 Å². The number of carboxylic acids is 1. The fourth-order valence-electron chi connectivity index (χ4n) is 2.56. The van der Waals surface area contributed by atoms with Crippen LogP contribution in [0, 0.1) is 5.92 Å². The number of urea groups is 1. The third-order valence-corrected chi connectivity index (χ3v) is 5.04. The molecule has 1 saturated carbocycles. The quantitative estimate of drug-likeness (QED) is 0.808. The first kappa shape index (κ1) is 14.5. The van der Waals surface area contributed by atoms with Crippen molar-refractivity contribution < 1.29 is 14.7 Å². The molecule has 1 aliphatic heterocycles. The van der Waals surface area contributed by atoms with Gasteiger partial charge in [-0.3, -0.25) is 4.79 Å². The molecular weight excluding hydrogens is 264 g/mol. The van der Waals surface area contributed by atoms with Gasteiger partial charge in [-0.15, -0.1) is 0 Å². The van der Waals surface area contributed by atoms with Gasteiger partial charge in [0.15, 0.2) is 0 Å². The summed E-state index contributed by atoms with van der Waals surface area (Å²) in [5.74, 6) is 1.57. The summed E-state index contributed by atoms with van der Waals surface area (Å²) in [6.07, 6.45) is 5.00.